The number of aromatic amines is 1. The van der Waals surface area contributed by atoms with Crippen LogP contribution in [0.2, 0.25) is 0 Å². The molecule has 0 aliphatic carbocycles. The molecular weight excluding hydrogens is 450 g/mol. The molecule has 35 heavy (non-hydrogen) atoms. The molecule has 9 heteroatoms. The summed E-state index contributed by atoms with van der Waals surface area (Å²) in [4.78, 5) is 44.9. The zero-order valence-corrected chi connectivity index (χ0v) is 19.3. The third-order valence-corrected chi connectivity index (χ3v) is 5.32. The number of anilines is 1. The fourth-order valence-corrected chi connectivity index (χ4v) is 3.42. The number of amides is 1. The molecule has 178 valence electrons. The van der Waals surface area contributed by atoms with E-state index < -0.39 is 23.9 Å². The minimum absolute atomic E-state index is 0.194. The fraction of sp³-hybridized carbons (Fsp3) is 0.154. The molecule has 0 aliphatic heterocycles. The van der Waals surface area contributed by atoms with Gasteiger partial charge < -0.3 is 24.5 Å². The van der Waals surface area contributed by atoms with Crippen LogP contribution < -0.4 is 10.1 Å². The van der Waals surface area contributed by atoms with Crippen LogP contribution in [0, 0.1) is 0 Å². The molecule has 0 radical (unpaired) electrons. The van der Waals surface area contributed by atoms with Crippen molar-refractivity contribution in [2.45, 2.75) is 13.0 Å². The lowest BCUT2D eigenvalue weighted by atomic mass is 10.1. The molecule has 0 fully saturated rings. The number of rotatable bonds is 7. The van der Waals surface area contributed by atoms with E-state index in [1.54, 1.807) is 43.5 Å². The topological polar surface area (TPSA) is 120 Å². The lowest BCUT2D eigenvalue weighted by Gasteiger charge is -2.15. The number of nitrogens with zero attached hydrogens (tertiary/aromatic N) is 1. The highest BCUT2D eigenvalue weighted by atomic mass is 16.5. The molecule has 2 N–H and O–H groups in total. The number of fused-ring (bicyclic) bond motifs is 1. The van der Waals surface area contributed by atoms with Crippen LogP contribution >= 0.6 is 0 Å². The molecule has 1 atom stereocenters. The predicted molar refractivity (Wildman–Crippen MR) is 129 cm³/mol. The van der Waals surface area contributed by atoms with Crippen molar-refractivity contribution in [3.63, 3.8) is 0 Å². The Morgan fingerprint density at radius 2 is 1.69 bits per heavy atom. The molecule has 1 unspecified atom stereocenters. The molecule has 1 heterocycles. The maximum absolute atomic E-state index is 12.7. The van der Waals surface area contributed by atoms with Crippen molar-refractivity contribution in [3.05, 3.63) is 77.9 Å². The molecule has 0 aliphatic rings. The van der Waals surface area contributed by atoms with Crippen LogP contribution in [0.4, 0.5) is 5.69 Å². The first-order valence-electron chi connectivity index (χ1n) is 10.7. The summed E-state index contributed by atoms with van der Waals surface area (Å²) in [6.45, 7) is 1.45. The van der Waals surface area contributed by atoms with Gasteiger partial charge in [0, 0.05) is 5.56 Å². The van der Waals surface area contributed by atoms with Crippen molar-refractivity contribution in [2.75, 3.05) is 19.5 Å². The zero-order chi connectivity index (χ0) is 24.9. The van der Waals surface area contributed by atoms with Crippen molar-refractivity contribution in [3.8, 4) is 17.1 Å². The van der Waals surface area contributed by atoms with E-state index in [9.17, 15) is 14.4 Å². The largest absolute Gasteiger partial charge is 0.497 e. The molecule has 0 saturated carbocycles. The Kier molecular flexibility index (Phi) is 6.77. The molecule has 0 bridgehead atoms. The number of hydrogen-bond acceptors (Lipinski definition) is 7. The zero-order valence-electron chi connectivity index (χ0n) is 19.3. The van der Waals surface area contributed by atoms with Crippen LogP contribution in [0.15, 0.2) is 66.7 Å². The predicted octanol–water partition coefficient (Wildman–Crippen LogP) is 4.21. The van der Waals surface area contributed by atoms with Crippen LogP contribution in [0.5, 0.6) is 5.75 Å². The summed E-state index contributed by atoms with van der Waals surface area (Å²) in [7, 11) is 2.85. The fourth-order valence-electron chi connectivity index (χ4n) is 3.42. The normalized spacial score (nSPS) is 11.5. The Bertz CT molecular complexity index is 1390. The molecule has 1 amide bonds. The number of benzene rings is 3. The maximum Gasteiger partial charge on any atom is 0.339 e. The Labute approximate surface area is 201 Å². The second-order valence-corrected chi connectivity index (χ2v) is 7.62. The van der Waals surface area contributed by atoms with E-state index >= 15 is 0 Å². The van der Waals surface area contributed by atoms with Gasteiger partial charge >= 0.3 is 11.9 Å². The monoisotopic (exact) mass is 473 g/mol. The van der Waals surface area contributed by atoms with Gasteiger partial charge in [0.2, 0.25) is 0 Å². The number of para-hydroxylation sites is 1. The Morgan fingerprint density at radius 3 is 2.40 bits per heavy atom. The highest BCUT2D eigenvalue weighted by molar-refractivity contribution is 6.03. The lowest BCUT2D eigenvalue weighted by Crippen LogP contribution is -2.30. The first-order valence-corrected chi connectivity index (χ1v) is 10.7. The van der Waals surface area contributed by atoms with Crippen molar-refractivity contribution in [1.29, 1.82) is 0 Å². The van der Waals surface area contributed by atoms with Gasteiger partial charge in [-0.05, 0) is 61.5 Å². The summed E-state index contributed by atoms with van der Waals surface area (Å²) in [5.74, 6) is -0.463. The lowest BCUT2D eigenvalue weighted by molar-refractivity contribution is -0.123. The van der Waals surface area contributed by atoms with Gasteiger partial charge in [0.25, 0.3) is 5.91 Å². The average Bonchev–Trinajstić information content (AvgIpc) is 3.32. The van der Waals surface area contributed by atoms with Gasteiger partial charge in [-0.25, -0.2) is 14.6 Å². The van der Waals surface area contributed by atoms with Gasteiger partial charge in [-0.3, -0.25) is 4.79 Å². The number of H-pyrrole nitrogens is 1. The number of methoxy groups -OCH3 is 2. The van der Waals surface area contributed by atoms with Crippen LogP contribution in [0.1, 0.15) is 27.6 Å². The van der Waals surface area contributed by atoms with Crippen molar-refractivity contribution in [2.24, 2.45) is 0 Å². The Balaban J connectivity index is 1.46. The number of imidazole rings is 1. The smallest absolute Gasteiger partial charge is 0.339 e. The average molecular weight is 473 g/mol. The molecular formula is C26H23N3O6. The van der Waals surface area contributed by atoms with Crippen molar-refractivity contribution < 1.29 is 28.6 Å². The number of carbonyl (C=O) groups is 3. The number of ether oxygens (including phenoxy) is 3. The van der Waals surface area contributed by atoms with Crippen molar-refractivity contribution in [1.82, 2.24) is 9.97 Å². The summed E-state index contributed by atoms with van der Waals surface area (Å²) >= 11 is 0. The van der Waals surface area contributed by atoms with Crippen LogP contribution in [-0.2, 0) is 14.3 Å². The molecule has 9 nitrogen and oxygen atoms in total. The minimum Gasteiger partial charge on any atom is -0.497 e. The summed E-state index contributed by atoms with van der Waals surface area (Å²) in [6, 6.07) is 18.7. The van der Waals surface area contributed by atoms with E-state index in [0.29, 0.717) is 16.9 Å². The van der Waals surface area contributed by atoms with Crippen molar-refractivity contribution >= 4 is 34.6 Å². The van der Waals surface area contributed by atoms with E-state index in [-0.39, 0.29) is 16.8 Å². The first-order chi connectivity index (χ1) is 16.9. The van der Waals surface area contributed by atoms with Crippen LogP contribution in [0.25, 0.3) is 22.4 Å². The number of esters is 2. The molecule has 0 spiro atoms. The van der Waals surface area contributed by atoms with E-state index in [1.807, 2.05) is 24.3 Å². The molecule has 4 aromatic rings. The third kappa shape index (κ3) is 5.14. The molecule has 1 aromatic heterocycles. The van der Waals surface area contributed by atoms with Gasteiger partial charge in [-0.2, -0.15) is 0 Å². The maximum atomic E-state index is 12.7. The first kappa shape index (κ1) is 23.5. The standard InChI is InChI=1S/C26H23N3O6/c1-15(24(30)29-20-7-5-4-6-19(20)26(32)34-3)35-25(31)17-10-13-21-22(14-17)28-23(27-21)16-8-11-18(33-2)12-9-16/h4-15H,1-3H3,(H,27,28)(H,29,30). The highest BCUT2D eigenvalue weighted by Gasteiger charge is 2.22. The summed E-state index contributed by atoms with van der Waals surface area (Å²) in [5, 5.41) is 2.60. The van der Waals surface area contributed by atoms with Crippen LogP contribution in [-0.4, -0.2) is 48.1 Å². The van der Waals surface area contributed by atoms with Crippen LogP contribution in [0.3, 0.4) is 0 Å². The van der Waals surface area contributed by atoms with E-state index in [4.69, 9.17) is 14.2 Å². The van der Waals surface area contributed by atoms with Gasteiger partial charge in [-0.15, -0.1) is 0 Å². The van der Waals surface area contributed by atoms with Gasteiger partial charge in [0.15, 0.2) is 6.10 Å². The Hall–Kier alpha value is -4.66. The van der Waals surface area contributed by atoms with Gasteiger partial charge in [-0.1, -0.05) is 12.1 Å². The summed E-state index contributed by atoms with van der Waals surface area (Å²) in [5.41, 5.74) is 2.91. The highest BCUT2D eigenvalue weighted by Crippen LogP contribution is 2.24. The number of aromatic nitrogens is 2. The Morgan fingerprint density at radius 1 is 0.943 bits per heavy atom. The summed E-state index contributed by atoms with van der Waals surface area (Å²) in [6.07, 6.45) is -1.11. The quantitative estimate of drug-likeness (QED) is 0.386. The summed E-state index contributed by atoms with van der Waals surface area (Å²) < 4.78 is 15.3. The van der Waals surface area contributed by atoms with E-state index in [1.165, 1.54) is 20.1 Å². The second-order valence-electron chi connectivity index (χ2n) is 7.62. The number of nitrogens with one attached hydrogen (secondary N) is 2. The van der Waals surface area contributed by atoms with Gasteiger partial charge in [0.1, 0.15) is 11.6 Å². The molecule has 4 rings (SSSR count). The molecule has 0 saturated heterocycles. The second kappa shape index (κ2) is 10.1. The number of carbonyl (C=O) groups excluding carboxylic acids is 3. The van der Waals surface area contributed by atoms with E-state index in [2.05, 4.69) is 15.3 Å². The third-order valence-electron chi connectivity index (χ3n) is 5.32. The SMILES string of the molecule is COC(=O)c1ccccc1NC(=O)C(C)OC(=O)c1ccc2nc(-c3ccc(OC)cc3)[nH]c2c1. The molecule has 3 aromatic carbocycles. The van der Waals surface area contributed by atoms with E-state index in [0.717, 1.165) is 11.3 Å². The van der Waals surface area contributed by atoms with Gasteiger partial charge in [0.05, 0.1) is 42.1 Å². The number of hydrogen-bond donors (Lipinski definition) is 2. The minimum atomic E-state index is -1.11.